The van der Waals surface area contributed by atoms with Gasteiger partial charge in [0.2, 0.25) is 0 Å². The highest BCUT2D eigenvalue weighted by atomic mass is 16.5. The summed E-state index contributed by atoms with van der Waals surface area (Å²) in [4.78, 5) is 0. The maximum Gasteiger partial charge on any atom is 0.0788 e. The normalized spacial score (nSPS) is 37.3. The lowest BCUT2D eigenvalue weighted by Gasteiger charge is -2.38. The smallest absolute Gasteiger partial charge is 0.0788 e. The first-order chi connectivity index (χ1) is 6.62. The lowest BCUT2D eigenvalue weighted by Crippen LogP contribution is -2.40. The third-order valence-electron chi connectivity index (χ3n) is 3.68. The first-order valence-corrected chi connectivity index (χ1v) is 5.63. The van der Waals surface area contributed by atoms with Crippen LogP contribution in [0.4, 0.5) is 0 Å². The minimum Gasteiger partial charge on any atom is -0.388 e. The lowest BCUT2D eigenvalue weighted by atomic mass is 9.73. The molecule has 0 spiro atoms. The standard InChI is InChI=1S/C11H21NO2/c1-10(3-6-14-7-4-10)8-11(13)2-5-12-9-11/h12-13H,2-9H2,1H3. The minimum absolute atomic E-state index is 0.291. The molecule has 1 unspecified atom stereocenters. The van der Waals surface area contributed by atoms with Crippen LogP contribution in [0.1, 0.15) is 32.6 Å². The van der Waals surface area contributed by atoms with Gasteiger partial charge in [0, 0.05) is 19.8 Å². The van der Waals surface area contributed by atoms with E-state index in [1.54, 1.807) is 0 Å². The van der Waals surface area contributed by atoms with Gasteiger partial charge in [-0.05, 0) is 37.6 Å². The summed E-state index contributed by atoms with van der Waals surface area (Å²) in [5, 5.41) is 13.5. The van der Waals surface area contributed by atoms with E-state index in [2.05, 4.69) is 12.2 Å². The average molecular weight is 199 g/mol. The Kier molecular flexibility index (Phi) is 2.82. The molecule has 2 saturated heterocycles. The van der Waals surface area contributed by atoms with Crippen LogP contribution in [0.5, 0.6) is 0 Å². The van der Waals surface area contributed by atoms with Crippen LogP contribution in [0.3, 0.4) is 0 Å². The van der Waals surface area contributed by atoms with E-state index in [1.165, 1.54) is 0 Å². The molecule has 0 amide bonds. The molecule has 2 aliphatic heterocycles. The molecule has 2 rings (SSSR count). The fraction of sp³-hybridized carbons (Fsp3) is 1.00. The molecular formula is C11H21NO2. The molecule has 0 aromatic heterocycles. The molecule has 14 heavy (non-hydrogen) atoms. The van der Waals surface area contributed by atoms with Crippen LogP contribution < -0.4 is 5.32 Å². The number of rotatable bonds is 2. The molecule has 3 heteroatoms. The summed E-state index contributed by atoms with van der Waals surface area (Å²) in [6.45, 7) is 5.73. The number of hydrogen-bond acceptors (Lipinski definition) is 3. The maximum atomic E-state index is 10.3. The first-order valence-electron chi connectivity index (χ1n) is 5.63. The SMILES string of the molecule is CC1(CC2(O)CCNC2)CCOCC1. The maximum absolute atomic E-state index is 10.3. The molecule has 2 heterocycles. The van der Waals surface area contributed by atoms with E-state index in [1.807, 2.05) is 0 Å². The van der Waals surface area contributed by atoms with Crippen molar-refractivity contribution in [3.63, 3.8) is 0 Å². The summed E-state index contributed by atoms with van der Waals surface area (Å²) in [5.41, 5.74) is -0.162. The Morgan fingerprint density at radius 1 is 1.29 bits per heavy atom. The van der Waals surface area contributed by atoms with Crippen molar-refractivity contribution in [2.45, 2.75) is 38.2 Å². The molecule has 82 valence electrons. The summed E-state index contributed by atoms with van der Waals surface area (Å²) in [6.07, 6.45) is 4.02. The number of ether oxygens (including phenoxy) is 1. The molecule has 0 aromatic carbocycles. The summed E-state index contributed by atoms with van der Waals surface area (Å²) in [6, 6.07) is 0. The van der Waals surface area contributed by atoms with Gasteiger partial charge in [0.1, 0.15) is 0 Å². The van der Waals surface area contributed by atoms with Crippen LogP contribution in [0, 0.1) is 5.41 Å². The van der Waals surface area contributed by atoms with Crippen molar-refractivity contribution in [1.82, 2.24) is 5.32 Å². The highest BCUT2D eigenvalue weighted by Gasteiger charge is 2.39. The van der Waals surface area contributed by atoms with Gasteiger partial charge in [-0.2, -0.15) is 0 Å². The monoisotopic (exact) mass is 199 g/mol. The summed E-state index contributed by atoms with van der Waals surface area (Å²) >= 11 is 0. The number of hydrogen-bond donors (Lipinski definition) is 2. The Labute approximate surface area is 85.8 Å². The summed E-state index contributed by atoms with van der Waals surface area (Å²) in [5.74, 6) is 0. The molecule has 0 saturated carbocycles. The van der Waals surface area contributed by atoms with Gasteiger partial charge < -0.3 is 15.2 Å². The zero-order chi connectivity index (χ0) is 10.1. The third-order valence-corrected chi connectivity index (χ3v) is 3.68. The molecule has 2 aliphatic rings. The van der Waals surface area contributed by atoms with Crippen LogP contribution in [0.25, 0.3) is 0 Å². The largest absolute Gasteiger partial charge is 0.388 e. The third kappa shape index (κ3) is 2.27. The fourth-order valence-corrected chi connectivity index (χ4v) is 2.72. The van der Waals surface area contributed by atoms with E-state index in [0.717, 1.165) is 52.0 Å². The summed E-state index contributed by atoms with van der Waals surface area (Å²) < 4.78 is 5.37. The zero-order valence-electron chi connectivity index (χ0n) is 9.01. The second-order valence-corrected chi connectivity index (χ2v) is 5.25. The van der Waals surface area contributed by atoms with Crippen molar-refractivity contribution < 1.29 is 9.84 Å². The van der Waals surface area contributed by atoms with Gasteiger partial charge >= 0.3 is 0 Å². The van der Waals surface area contributed by atoms with Gasteiger partial charge in [-0.1, -0.05) is 6.92 Å². The van der Waals surface area contributed by atoms with E-state index in [9.17, 15) is 5.11 Å². The van der Waals surface area contributed by atoms with Crippen LogP contribution in [-0.4, -0.2) is 37.0 Å². The topological polar surface area (TPSA) is 41.5 Å². The van der Waals surface area contributed by atoms with Gasteiger partial charge in [-0.15, -0.1) is 0 Å². The highest BCUT2D eigenvalue weighted by Crippen LogP contribution is 2.39. The highest BCUT2D eigenvalue weighted by molar-refractivity contribution is 4.94. The van der Waals surface area contributed by atoms with Crippen molar-refractivity contribution in [2.24, 2.45) is 5.41 Å². The van der Waals surface area contributed by atoms with E-state index < -0.39 is 5.60 Å². The molecule has 0 radical (unpaired) electrons. The van der Waals surface area contributed by atoms with Gasteiger partial charge in [-0.3, -0.25) is 0 Å². The van der Waals surface area contributed by atoms with Crippen LogP contribution in [0.2, 0.25) is 0 Å². The van der Waals surface area contributed by atoms with Gasteiger partial charge in [0.25, 0.3) is 0 Å². The first kappa shape index (κ1) is 10.4. The Morgan fingerprint density at radius 3 is 2.57 bits per heavy atom. The van der Waals surface area contributed by atoms with Crippen LogP contribution in [0.15, 0.2) is 0 Å². The molecule has 2 fully saturated rings. The number of aliphatic hydroxyl groups is 1. The van der Waals surface area contributed by atoms with Crippen molar-refractivity contribution in [3.05, 3.63) is 0 Å². The molecule has 3 nitrogen and oxygen atoms in total. The van der Waals surface area contributed by atoms with Gasteiger partial charge in [0.15, 0.2) is 0 Å². The van der Waals surface area contributed by atoms with Crippen molar-refractivity contribution in [3.8, 4) is 0 Å². The zero-order valence-corrected chi connectivity index (χ0v) is 9.01. The molecule has 0 aromatic rings. The van der Waals surface area contributed by atoms with Crippen molar-refractivity contribution in [1.29, 1.82) is 0 Å². The number of nitrogens with one attached hydrogen (secondary N) is 1. The Bertz CT molecular complexity index is 193. The summed E-state index contributed by atoms with van der Waals surface area (Å²) in [7, 11) is 0. The van der Waals surface area contributed by atoms with Gasteiger partial charge in [0.05, 0.1) is 5.60 Å². The second kappa shape index (κ2) is 3.80. The van der Waals surface area contributed by atoms with Crippen molar-refractivity contribution in [2.75, 3.05) is 26.3 Å². The molecule has 1 atom stereocenters. The number of β-amino-alcohol motifs (C(OH)–C–C–N with tert-alkyl or cyclic N) is 1. The van der Waals surface area contributed by atoms with E-state index in [0.29, 0.717) is 5.41 Å². The Hall–Kier alpha value is -0.120. The molecule has 0 aliphatic carbocycles. The minimum atomic E-state index is -0.452. The van der Waals surface area contributed by atoms with Crippen LogP contribution >= 0.6 is 0 Å². The predicted molar refractivity (Wildman–Crippen MR) is 55.2 cm³/mol. The predicted octanol–water partition coefficient (Wildman–Crippen LogP) is 0.918. The average Bonchev–Trinajstić information content (AvgIpc) is 2.52. The van der Waals surface area contributed by atoms with E-state index in [-0.39, 0.29) is 0 Å². The molecule has 0 bridgehead atoms. The molecular weight excluding hydrogens is 178 g/mol. The lowest BCUT2D eigenvalue weighted by molar-refractivity contribution is -0.0392. The Balaban J connectivity index is 1.94. The van der Waals surface area contributed by atoms with E-state index in [4.69, 9.17) is 4.74 Å². The second-order valence-electron chi connectivity index (χ2n) is 5.25. The molecule has 2 N–H and O–H groups in total. The fourth-order valence-electron chi connectivity index (χ4n) is 2.72. The van der Waals surface area contributed by atoms with Crippen LogP contribution in [-0.2, 0) is 4.74 Å². The Morgan fingerprint density at radius 2 is 2.00 bits per heavy atom. The van der Waals surface area contributed by atoms with E-state index >= 15 is 0 Å². The van der Waals surface area contributed by atoms with Gasteiger partial charge in [-0.25, -0.2) is 0 Å². The van der Waals surface area contributed by atoms with Crippen molar-refractivity contribution >= 4 is 0 Å². The quantitative estimate of drug-likeness (QED) is 0.695.